The van der Waals surface area contributed by atoms with Gasteiger partial charge in [-0.2, -0.15) is 5.26 Å². The van der Waals surface area contributed by atoms with Crippen molar-refractivity contribution in [1.82, 2.24) is 4.90 Å². The highest BCUT2D eigenvalue weighted by Crippen LogP contribution is 2.21. The molecule has 3 nitrogen and oxygen atoms in total. The first-order chi connectivity index (χ1) is 6.53. The number of likely N-dealkylation sites (tertiary alicyclic amines) is 1. The molecule has 0 spiro atoms. The molecule has 1 fully saturated rings. The first-order valence-corrected chi connectivity index (χ1v) is 5.35. The molecule has 0 radical (unpaired) electrons. The number of aliphatic hydroxyl groups excluding tert-OH is 1. The Hall–Kier alpha value is -0.590. The van der Waals surface area contributed by atoms with Gasteiger partial charge >= 0.3 is 0 Å². The Bertz CT molecular complexity index is 220. The van der Waals surface area contributed by atoms with E-state index in [9.17, 15) is 5.11 Å². The van der Waals surface area contributed by atoms with Gasteiger partial charge in [-0.3, -0.25) is 0 Å². The Morgan fingerprint density at radius 3 is 2.79 bits per heavy atom. The lowest BCUT2D eigenvalue weighted by atomic mass is 9.90. The van der Waals surface area contributed by atoms with Crippen LogP contribution in [0.2, 0.25) is 0 Å². The molecule has 1 saturated heterocycles. The Kier molecular flexibility index (Phi) is 3.91. The summed E-state index contributed by atoms with van der Waals surface area (Å²) >= 11 is 0. The van der Waals surface area contributed by atoms with Crippen LogP contribution in [0, 0.1) is 16.7 Å². The van der Waals surface area contributed by atoms with E-state index in [2.05, 4.69) is 11.0 Å². The highest BCUT2D eigenvalue weighted by atomic mass is 16.3. The molecule has 1 atom stereocenters. The number of β-amino-alcohol motifs (C(OH)–C–C–N with tert-alkyl or cyclic N) is 1. The van der Waals surface area contributed by atoms with Gasteiger partial charge in [0.25, 0.3) is 0 Å². The summed E-state index contributed by atoms with van der Waals surface area (Å²) in [5.74, 6) is 0. The predicted octanol–water partition coefficient (Wildman–Crippen LogP) is 1.38. The summed E-state index contributed by atoms with van der Waals surface area (Å²) in [6.07, 6.45) is 2.77. The van der Waals surface area contributed by atoms with Crippen molar-refractivity contribution in [1.29, 1.82) is 5.26 Å². The largest absolute Gasteiger partial charge is 0.392 e. The van der Waals surface area contributed by atoms with Crippen molar-refractivity contribution in [3.05, 3.63) is 0 Å². The second-order valence-electron chi connectivity index (χ2n) is 4.84. The molecular weight excluding hydrogens is 176 g/mol. The second kappa shape index (κ2) is 4.77. The molecule has 0 aromatic rings. The van der Waals surface area contributed by atoms with Gasteiger partial charge in [-0.05, 0) is 39.7 Å². The molecule has 0 amide bonds. The van der Waals surface area contributed by atoms with Gasteiger partial charge < -0.3 is 10.0 Å². The van der Waals surface area contributed by atoms with E-state index >= 15 is 0 Å². The third-order valence-electron chi connectivity index (χ3n) is 2.83. The highest BCUT2D eigenvalue weighted by Gasteiger charge is 2.21. The number of hydrogen-bond donors (Lipinski definition) is 1. The zero-order chi connectivity index (χ0) is 10.6. The third-order valence-corrected chi connectivity index (χ3v) is 2.83. The zero-order valence-corrected chi connectivity index (χ0v) is 9.16. The van der Waals surface area contributed by atoms with Crippen LogP contribution in [0.25, 0.3) is 0 Å². The van der Waals surface area contributed by atoms with Crippen molar-refractivity contribution in [2.45, 2.75) is 39.2 Å². The maximum absolute atomic E-state index is 9.31. The molecule has 0 saturated carbocycles. The van der Waals surface area contributed by atoms with Crippen LogP contribution in [0.3, 0.4) is 0 Å². The maximum atomic E-state index is 9.31. The maximum Gasteiger partial charge on any atom is 0.0683 e. The summed E-state index contributed by atoms with van der Waals surface area (Å²) in [7, 11) is 0. The topological polar surface area (TPSA) is 47.3 Å². The Morgan fingerprint density at radius 1 is 1.57 bits per heavy atom. The Labute approximate surface area is 86.3 Å². The minimum Gasteiger partial charge on any atom is -0.392 e. The second-order valence-corrected chi connectivity index (χ2v) is 4.84. The lowest BCUT2D eigenvalue weighted by Gasteiger charge is -2.18. The molecule has 0 aliphatic carbocycles. The fourth-order valence-electron chi connectivity index (χ4n) is 1.82. The fourth-order valence-corrected chi connectivity index (χ4v) is 1.82. The minimum atomic E-state index is -0.196. The van der Waals surface area contributed by atoms with Crippen LogP contribution in [0.5, 0.6) is 0 Å². The Morgan fingerprint density at radius 2 is 2.29 bits per heavy atom. The number of nitriles is 1. The van der Waals surface area contributed by atoms with Crippen LogP contribution < -0.4 is 0 Å². The van der Waals surface area contributed by atoms with E-state index < -0.39 is 0 Å². The van der Waals surface area contributed by atoms with Crippen LogP contribution >= 0.6 is 0 Å². The molecular formula is C11H20N2O. The fraction of sp³-hybridized carbons (Fsp3) is 0.909. The van der Waals surface area contributed by atoms with Crippen molar-refractivity contribution in [2.24, 2.45) is 5.41 Å². The molecule has 1 N–H and O–H groups in total. The summed E-state index contributed by atoms with van der Waals surface area (Å²) < 4.78 is 0. The first kappa shape index (κ1) is 11.5. The van der Waals surface area contributed by atoms with E-state index in [0.29, 0.717) is 0 Å². The SMILES string of the molecule is CC(C)(C#N)CCCN1CC[C@H](O)C1. The molecule has 0 bridgehead atoms. The van der Waals surface area contributed by atoms with Gasteiger partial charge in [0, 0.05) is 13.1 Å². The molecule has 0 aromatic heterocycles. The normalized spacial score (nSPS) is 23.7. The van der Waals surface area contributed by atoms with Gasteiger partial charge in [0.1, 0.15) is 0 Å². The van der Waals surface area contributed by atoms with E-state index in [1.807, 2.05) is 13.8 Å². The van der Waals surface area contributed by atoms with Gasteiger partial charge in [0.15, 0.2) is 0 Å². The lowest BCUT2D eigenvalue weighted by molar-refractivity contribution is 0.175. The first-order valence-electron chi connectivity index (χ1n) is 5.35. The van der Waals surface area contributed by atoms with E-state index in [0.717, 1.165) is 38.9 Å². The quantitative estimate of drug-likeness (QED) is 0.739. The van der Waals surface area contributed by atoms with E-state index in [1.54, 1.807) is 0 Å². The van der Waals surface area contributed by atoms with Crippen LogP contribution in [-0.2, 0) is 0 Å². The summed E-state index contributed by atoms with van der Waals surface area (Å²) in [6, 6.07) is 2.31. The number of rotatable bonds is 4. The van der Waals surface area contributed by atoms with Crippen molar-refractivity contribution in [3.63, 3.8) is 0 Å². The van der Waals surface area contributed by atoms with Gasteiger partial charge in [0.2, 0.25) is 0 Å². The molecule has 1 aliphatic heterocycles. The van der Waals surface area contributed by atoms with Crippen LogP contribution in [-0.4, -0.2) is 35.7 Å². The molecule has 0 unspecified atom stereocenters. The highest BCUT2D eigenvalue weighted by molar-refractivity contribution is 4.91. The molecule has 1 heterocycles. The van der Waals surface area contributed by atoms with Crippen molar-refractivity contribution < 1.29 is 5.11 Å². The van der Waals surface area contributed by atoms with Gasteiger partial charge in [-0.15, -0.1) is 0 Å². The van der Waals surface area contributed by atoms with Crippen LogP contribution in [0.15, 0.2) is 0 Å². The predicted molar refractivity (Wildman–Crippen MR) is 55.7 cm³/mol. The van der Waals surface area contributed by atoms with Crippen LogP contribution in [0.1, 0.15) is 33.1 Å². The summed E-state index contributed by atoms with van der Waals surface area (Å²) in [6.45, 7) is 6.79. The van der Waals surface area contributed by atoms with E-state index in [1.165, 1.54) is 0 Å². The average Bonchev–Trinajstić information content (AvgIpc) is 2.51. The molecule has 80 valence electrons. The molecule has 3 heteroatoms. The summed E-state index contributed by atoms with van der Waals surface area (Å²) in [5, 5.41) is 18.1. The summed E-state index contributed by atoms with van der Waals surface area (Å²) in [4.78, 5) is 2.28. The Balaban J connectivity index is 2.13. The molecule has 14 heavy (non-hydrogen) atoms. The molecule has 1 aliphatic rings. The number of hydrogen-bond acceptors (Lipinski definition) is 3. The van der Waals surface area contributed by atoms with Gasteiger partial charge in [0.05, 0.1) is 17.6 Å². The summed E-state index contributed by atoms with van der Waals surface area (Å²) in [5.41, 5.74) is -0.196. The molecule has 0 aromatic carbocycles. The number of nitrogens with zero attached hydrogens (tertiary/aromatic N) is 2. The van der Waals surface area contributed by atoms with Crippen molar-refractivity contribution in [3.8, 4) is 6.07 Å². The zero-order valence-electron chi connectivity index (χ0n) is 9.16. The average molecular weight is 196 g/mol. The smallest absolute Gasteiger partial charge is 0.0683 e. The lowest BCUT2D eigenvalue weighted by Crippen LogP contribution is -2.24. The standard InChI is InChI=1S/C11H20N2O/c1-11(2,9-12)5-3-6-13-7-4-10(14)8-13/h10,14H,3-8H2,1-2H3/t10-/m0/s1. The van der Waals surface area contributed by atoms with Crippen LogP contribution in [0.4, 0.5) is 0 Å². The van der Waals surface area contributed by atoms with E-state index in [4.69, 9.17) is 5.26 Å². The van der Waals surface area contributed by atoms with Crippen molar-refractivity contribution in [2.75, 3.05) is 19.6 Å². The van der Waals surface area contributed by atoms with Gasteiger partial charge in [-0.1, -0.05) is 0 Å². The van der Waals surface area contributed by atoms with Crippen molar-refractivity contribution >= 4 is 0 Å². The van der Waals surface area contributed by atoms with E-state index in [-0.39, 0.29) is 11.5 Å². The minimum absolute atomic E-state index is 0.126. The number of aliphatic hydroxyl groups is 1. The molecule has 1 rings (SSSR count). The third kappa shape index (κ3) is 3.65. The monoisotopic (exact) mass is 196 g/mol. The van der Waals surface area contributed by atoms with Gasteiger partial charge in [-0.25, -0.2) is 0 Å².